The van der Waals surface area contributed by atoms with E-state index in [1.807, 2.05) is 35.1 Å². The monoisotopic (exact) mass is 352 g/mol. The molecule has 0 atom stereocenters. The van der Waals surface area contributed by atoms with Gasteiger partial charge < -0.3 is 14.2 Å². The lowest BCUT2D eigenvalue weighted by Crippen LogP contribution is -2.05. The number of rotatable bonds is 7. The van der Waals surface area contributed by atoms with Crippen molar-refractivity contribution in [1.29, 1.82) is 0 Å². The Morgan fingerprint density at radius 1 is 1.12 bits per heavy atom. The molecule has 1 aliphatic rings. The van der Waals surface area contributed by atoms with Crippen molar-refractivity contribution in [1.82, 2.24) is 19.7 Å². The fraction of sp³-hybridized carbons (Fsp3) is 0.316. The van der Waals surface area contributed by atoms with E-state index in [1.165, 1.54) is 5.56 Å². The van der Waals surface area contributed by atoms with Crippen LogP contribution in [0.2, 0.25) is 0 Å². The standard InChI is InChI=1S/C19H20N4O3/c1-24-10-8-18-21-19(7-4-14-3-2-9-20-12-14)23(22-18)15-5-6-16-17(11-15)26-13-25-16/h2-3,5-6,9,11-12H,4,7-8,10,13H2,1H3. The van der Waals surface area contributed by atoms with Crippen LogP contribution in [0.5, 0.6) is 11.5 Å². The molecule has 1 aliphatic heterocycles. The second-order valence-corrected chi connectivity index (χ2v) is 6.00. The summed E-state index contributed by atoms with van der Waals surface area (Å²) in [5, 5.41) is 4.67. The van der Waals surface area contributed by atoms with Gasteiger partial charge in [-0.05, 0) is 30.2 Å². The molecule has 0 bridgehead atoms. The van der Waals surface area contributed by atoms with Crippen LogP contribution in [0.15, 0.2) is 42.7 Å². The lowest BCUT2D eigenvalue weighted by Gasteiger charge is -2.07. The molecule has 3 aromatic rings. The van der Waals surface area contributed by atoms with E-state index in [-0.39, 0.29) is 6.79 Å². The van der Waals surface area contributed by atoms with E-state index in [2.05, 4.69) is 16.1 Å². The summed E-state index contributed by atoms with van der Waals surface area (Å²) in [5.41, 5.74) is 2.08. The van der Waals surface area contributed by atoms with E-state index >= 15 is 0 Å². The summed E-state index contributed by atoms with van der Waals surface area (Å²) in [7, 11) is 1.68. The molecule has 0 spiro atoms. The van der Waals surface area contributed by atoms with E-state index in [0.717, 1.165) is 41.7 Å². The van der Waals surface area contributed by atoms with E-state index < -0.39 is 0 Å². The Labute approximate surface area is 151 Å². The highest BCUT2D eigenvalue weighted by Gasteiger charge is 2.17. The first-order chi connectivity index (χ1) is 12.8. The Kier molecular flexibility index (Phi) is 4.79. The number of aromatic nitrogens is 4. The number of methoxy groups -OCH3 is 1. The van der Waals surface area contributed by atoms with Crippen LogP contribution in [-0.2, 0) is 24.0 Å². The summed E-state index contributed by atoms with van der Waals surface area (Å²) in [6.07, 6.45) is 5.95. The highest BCUT2D eigenvalue weighted by Crippen LogP contribution is 2.33. The molecule has 0 N–H and O–H groups in total. The van der Waals surface area contributed by atoms with Crippen molar-refractivity contribution in [3.05, 3.63) is 59.9 Å². The molecule has 4 rings (SSSR count). The molecule has 0 aliphatic carbocycles. The number of benzene rings is 1. The molecule has 0 radical (unpaired) electrons. The van der Waals surface area contributed by atoms with Crippen molar-refractivity contribution in [3.63, 3.8) is 0 Å². The molecular formula is C19H20N4O3. The number of hydrogen-bond donors (Lipinski definition) is 0. The fourth-order valence-electron chi connectivity index (χ4n) is 2.88. The SMILES string of the molecule is COCCc1nc(CCc2cccnc2)n(-c2ccc3c(c2)OCO3)n1. The Morgan fingerprint density at radius 2 is 2.04 bits per heavy atom. The van der Waals surface area contributed by atoms with Gasteiger partial charge in [0.15, 0.2) is 17.3 Å². The first-order valence-electron chi connectivity index (χ1n) is 8.56. The first kappa shape index (κ1) is 16.5. The molecule has 3 heterocycles. The van der Waals surface area contributed by atoms with Crippen LogP contribution >= 0.6 is 0 Å². The summed E-state index contributed by atoms with van der Waals surface area (Å²) >= 11 is 0. The topological polar surface area (TPSA) is 71.3 Å². The number of hydrogen-bond acceptors (Lipinski definition) is 6. The maximum absolute atomic E-state index is 5.49. The van der Waals surface area contributed by atoms with Crippen LogP contribution in [0.4, 0.5) is 0 Å². The molecule has 2 aromatic heterocycles. The van der Waals surface area contributed by atoms with Gasteiger partial charge in [0, 0.05) is 38.4 Å². The number of nitrogens with zero attached hydrogens (tertiary/aromatic N) is 4. The summed E-state index contributed by atoms with van der Waals surface area (Å²) in [6.45, 7) is 0.844. The highest BCUT2D eigenvalue weighted by atomic mass is 16.7. The van der Waals surface area contributed by atoms with Gasteiger partial charge >= 0.3 is 0 Å². The Morgan fingerprint density at radius 3 is 2.88 bits per heavy atom. The van der Waals surface area contributed by atoms with E-state index in [1.54, 1.807) is 13.3 Å². The van der Waals surface area contributed by atoms with Crippen molar-refractivity contribution in [3.8, 4) is 17.2 Å². The van der Waals surface area contributed by atoms with E-state index in [4.69, 9.17) is 19.2 Å². The molecule has 0 saturated carbocycles. The van der Waals surface area contributed by atoms with Crippen LogP contribution in [0.1, 0.15) is 17.2 Å². The molecule has 0 saturated heterocycles. The van der Waals surface area contributed by atoms with Gasteiger partial charge in [0.05, 0.1) is 12.3 Å². The predicted molar refractivity (Wildman–Crippen MR) is 94.7 cm³/mol. The maximum Gasteiger partial charge on any atom is 0.231 e. The number of fused-ring (bicyclic) bond motifs is 1. The minimum atomic E-state index is 0.253. The number of aryl methyl sites for hydroxylation is 2. The molecule has 26 heavy (non-hydrogen) atoms. The molecule has 134 valence electrons. The molecular weight excluding hydrogens is 332 g/mol. The maximum atomic E-state index is 5.49. The Hall–Kier alpha value is -2.93. The minimum absolute atomic E-state index is 0.253. The van der Waals surface area contributed by atoms with Crippen molar-refractivity contribution in [2.75, 3.05) is 20.5 Å². The largest absolute Gasteiger partial charge is 0.454 e. The molecule has 0 unspecified atom stereocenters. The number of pyridine rings is 1. The lowest BCUT2D eigenvalue weighted by molar-refractivity contribution is 0.174. The van der Waals surface area contributed by atoms with Gasteiger partial charge in [0.25, 0.3) is 0 Å². The van der Waals surface area contributed by atoms with Crippen LogP contribution in [-0.4, -0.2) is 40.3 Å². The van der Waals surface area contributed by atoms with Crippen molar-refractivity contribution >= 4 is 0 Å². The molecule has 7 heteroatoms. The average molecular weight is 352 g/mol. The minimum Gasteiger partial charge on any atom is -0.454 e. The zero-order valence-electron chi connectivity index (χ0n) is 14.6. The average Bonchev–Trinajstić information content (AvgIpc) is 3.31. The van der Waals surface area contributed by atoms with Gasteiger partial charge in [-0.15, -0.1) is 0 Å². The van der Waals surface area contributed by atoms with Crippen LogP contribution in [0.25, 0.3) is 5.69 Å². The molecule has 7 nitrogen and oxygen atoms in total. The van der Waals surface area contributed by atoms with Crippen molar-refractivity contribution < 1.29 is 14.2 Å². The summed E-state index contributed by atoms with van der Waals surface area (Å²) in [6, 6.07) is 9.82. The summed E-state index contributed by atoms with van der Waals surface area (Å²) in [4.78, 5) is 8.88. The highest BCUT2D eigenvalue weighted by molar-refractivity contribution is 5.50. The van der Waals surface area contributed by atoms with Crippen molar-refractivity contribution in [2.24, 2.45) is 0 Å². The zero-order chi connectivity index (χ0) is 17.8. The van der Waals surface area contributed by atoms with Gasteiger partial charge in [0.1, 0.15) is 5.82 Å². The smallest absolute Gasteiger partial charge is 0.231 e. The first-order valence-corrected chi connectivity index (χ1v) is 8.56. The zero-order valence-corrected chi connectivity index (χ0v) is 14.6. The quantitative estimate of drug-likeness (QED) is 0.650. The van der Waals surface area contributed by atoms with Crippen LogP contribution in [0, 0.1) is 0 Å². The van der Waals surface area contributed by atoms with Gasteiger partial charge in [0.2, 0.25) is 6.79 Å². The van der Waals surface area contributed by atoms with Crippen molar-refractivity contribution in [2.45, 2.75) is 19.3 Å². The molecule has 0 amide bonds. The summed E-state index contributed by atoms with van der Waals surface area (Å²) < 4.78 is 17.9. The lowest BCUT2D eigenvalue weighted by atomic mass is 10.1. The normalized spacial score (nSPS) is 12.5. The predicted octanol–water partition coefficient (Wildman–Crippen LogP) is 2.37. The van der Waals surface area contributed by atoms with Gasteiger partial charge in [-0.2, -0.15) is 5.10 Å². The van der Waals surface area contributed by atoms with Gasteiger partial charge in [-0.3, -0.25) is 4.98 Å². The summed E-state index contributed by atoms with van der Waals surface area (Å²) in [5.74, 6) is 3.16. The third-order valence-electron chi connectivity index (χ3n) is 4.21. The Balaban J connectivity index is 1.62. The van der Waals surface area contributed by atoms with Crippen LogP contribution < -0.4 is 9.47 Å². The molecule has 0 fully saturated rings. The number of ether oxygens (including phenoxy) is 3. The third-order valence-corrected chi connectivity index (χ3v) is 4.21. The van der Waals surface area contributed by atoms with Gasteiger partial charge in [-0.25, -0.2) is 9.67 Å². The third kappa shape index (κ3) is 3.52. The van der Waals surface area contributed by atoms with Crippen LogP contribution in [0.3, 0.4) is 0 Å². The van der Waals surface area contributed by atoms with E-state index in [9.17, 15) is 0 Å². The second-order valence-electron chi connectivity index (χ2n) is 6.00. The Bertz CT molecular complexity index is 880. The second kappa shape index (κ2) is 7.53. The fourth-order valence-corrected chi connectivity index (χ4v) is 2.88. The van der Waals surface area contributed by atoms with Gasteiger partial charge in [-0.1, -0.05) is 6.07 Å². The molecule has 1 aromatic carbocycles. The van der Waals surface area contributed by atoms with E-state index in [0.29, 0.717) is 13.0 Å².